The number of amides is 1. The molecule has 0 radical (unpaired) electrons. The summed E-state index contributed by atoms with van der Waals surface area (Å²) in [6, 6.07) is 10.0. The number of nitrogens with one attached hydrogen (secondary N) is 2. The van der Waals surface area contributed by atoms with Crippen molar-refractivity contribution in [3.63, 3.8) is 0 Å². The quantitative estimate of drug-likeness (QED) is 0.843. The number of carbonyl (C=O) groups is 1. The summed E-state index contributed by atoms with van der Waals surface area (Å²) in [6.07, 6.45) is 0. The number of aryl methyl sites for hydroxylation is 1. The highest BCUT2D eigenvalue weighted by Gasteiger charge is 2.32. The van der Waals surface area contributed by atoms with Crippen LogP contribution in [0.4, 0.5) is 10.1 Å². The van der Waals surface area contributed by atoms with Crippen molar-refractivity contribution in [1.82, 2.24) is 4.72 Å². The molecule has 0 saturated heterocycles. The van der Waals surface area contributed by atoms with Crippen LogP contribution >= 0.6 is 0 Å². The van der Waals surface area contributed by atoms with Crippen molar-refractivity contribution in [2.24, 2.45) is 10.9 Å². The van der Waals surface area contributed by atoms with Crippen molar-refractivity contribution in [2.45, 2.75) is 31.7 Å². The molecule has 1 aliphatic rings. The zero-order chi connectivity index (χ0) is 19.8. The number of amidine groups is 1. The Kier molecular flexibility index (Phi) is 5.01. The van der Waals surface area contributed by atoms with Crippen molar-refractivity contribution >= 4 is 27.5 Å². The van der Waals surface area contributed by atoms with E-state index in [4.69, 9.17) is 0 Å². The summed E-state index contributed by atoms with van der Waals surface area (Å²) in [4.78, 5) is 17.2. The van der Waals surface area contributed by atoms with E-state index in [0.29, 0.717) is 5.56 Å². The van der Waals surface area contributed by atoms with Gasteiger partial charge >= 0.3 is 0 Å². The molecule has 0 bridgehead atoms. The Labute approximate surface area is 157 Å². The summed E-state index contributed by atoms with van der Waals surface area (Å²) in [6.45, 7) is 5.32. The number of fused-ring (bicyclic) bond motifs is 1. The Morgan fingerprint density at radius 1 is 1.19 bits per heavy atom. The molecule has 2 N–H and O–H groups in total. The van der Waals surface area contributed by atoms with E-state index in [1.54, 1.807) is 45.0 Å². The van der Waals surface area contributed by atoms with E-state index in [2.05, 4.69) is 15.0 Å². The van der Waals surface area contributed by atoms with Gasteiger partial charge in [0.15, 0.2) is 0 Å². The smallest absolute Gasteiger partial charge is 0.263 e. The fourth-order valence-corrected chi connectivity index (χ4v) is 4.05. The molecule has 1 atom stereocenters. The van der Waals surface area contributed by atoms with Crippen LogP contribution in [0.5, 0.6) is 0 Å². The number of sulfonamides is 1. The normalized spacial score (nSPS) is 17.4. The minimum absolute atomic E-state index is 0.0591. The zero-order valence-electron chi connectivity index (χ0n) is 15.2. The summed E-state index contributed by atoms with van der Waals surface area (Å²) in [5.74, 6) is -1.17. The number of hydrogen-bond donors (Lipinski definition) is 2. The third-order valence-electron chi connectivity index (χ3n) is 4.21. The predicted octanol–water partition coefficient (Wildman–Crippen LogP) is 2.84. The molecule has 2 aromatic rings. The van der Waals surface area contributed by atoms with Crippen LogP contribution in [0.15, 0.2) is 52.4 Å². The maximum absolute atomic E-state index is 14.0. The van der Waals surface area contributed by atoms with Crippen LogP contribution in [0.25, 0.3) is 0 Å². The number of carbonyl (C=O) groups excluding carboxylic acids is 1. The van der Waals surface area contributed by atoms with Crippen LogP contribution in [-0.2, 0) is 14.8 Å². The molecule has 0 fully saturated rings. The maximum Gasteiger partial charge on any atom is 0.263 e. The Hall–Kier alpha value is -2.74. The summed E-state index contributed by atoms with van der Waals surface area (Å²) in [5.41, 5.74) is 1.21. The van der Waals surface area contributed by atoms with Crippen molar-refractivity contribution in [3.05, 3.63) is 59.4 Å². The molecule has 142 valence electrons. The lowest BCUT2D eigenvalue weighted by Gasteiger charge is -2.17. The highest BCUT2D eigenvalue weighted by molar-refractivity contribution is 7.90. The SMILES string of the molecule is Cc1ccc(NC(=O)[C@@H](N=C2NS(=O)(=O)c3ccccc32)C(C)C)c(F)c1. The summed E-state index contributed by atoms with van der Waals surface area (Å²) < 4.78 is 40.8. The number of benzene rings is 2. The molecular weight excluding hydrogens is 369 g/mol. The van der Waals surface area contributed by atoms with Gasteiger partial charge in [-0.3, -0.25) is 14.5 Å². The first-order valence-electron chi connectivity index (χ1n) is 8.46. The molecule has 3 rings (SSSR count). The van der Waals surface area contributed by atoms with Gasteiger partial charge in [0.2, 0.25) is 5.91 Å². The van der Waals surface area contributed by atoms with E-state index < -0.39 is 27.8 Å². The van der Waals surface area contributed by atoms with Gasteiger partial charge in [0.25, 0.3) is 10.0 Å². The van der Waals surface area contributed by atoms with Gasteiger partial charge in [0, 0.05) is 5.56 Å². The minimum atomic E-state index is -3.69. The number of hydrogen-bond acceptors (Lipinski definition) is 4. The predicted molar refractivity (Wildman–Crippen MR) is 102 cm³/mol. The van der Waals surface area contributed by atoms with E-state index >= 15 is 0 Å². The molecule has 2 aromatic carbocycles. The molecule has 1 heterocycles. The van der Waals surface area contributed by atoms with Gasteiger partial charge in [-0.2, -0.15) is 0 Å². The van der Waals surface area contributed by atoms with Crippen LogP contribution in [0, 0.1) is 18.7 Å². The van der Waals surface area contributed by atoms with Gasteiger partial charge in [-0.25, -0.2) is 12.8 Å². The second-order valence-electron chi connectivity index (χ2n) is 6.74. The fraction of sp³-hybridized carbons (Fsp3) is 0.263. The standard InChI is InChI=1S/C19H20FN3O3S/c1-11(2)17(19(24)21-15-9-8-12(3)10-14(15)20)22-18-13-6-4-5-7-16(13)27(25,26)23-18/h4-11,17H,1-3H3,(H,21,24)(H,22,23)/t17-/m0/s1. The first-order valence-corrected chi connectivity index (χ1v) is 9.94. The monoisotopic (exact) mass is 389 g/mol. The van der Waals surface area contributed by atoms with Crippen LogP contribution in [0.2, 0.25) is 0 Å². The van der Waals surface area contributed by atoms with Gasteiger partial charge in [0.05, 0.1) is 10.6 Å². The maximum atomic E-state index is 14.0. The lowest BCUT2D eigenvalue weighted by Crippen LogP contribution is -2.34. The Balaban J connectivity index is 1.93. The number of nitrogens with zero attached hydrogens (tertiary/aromatic N) is 1. The molecule has 0 saturated carbocycles. The van der Waals surface area contributed by atoms with E-state index in [-0.39, 0.29) is 22.3 Å². The highest BCUT2D eigenvalue weighted by Crippen LogP contribution is 2.24. The van der Waals surface area contributed by atoms with Crippen LogP contribution in [0.1, 0.15) is 25.0 Å². The van der Waals surface area contributed by atoms with Crippen LogP contribution < -0.4 is 10.0 Å². The van der Waals surface area contributed by atoms with Crippen molar-refractivity contribution < 1.29 is 17.6 Å². The molecular formula is C19H20FN3O3S. The molecule has 8 heteroatoms. The topological polar surface area (TPSA) is 87.6 Å². The second kappa shape index (κ2) is 7.11. The second-order valence-corrected chi connectivity index (χ2v) is 8.39. The first kappa shape index (κ1) is 19.0. The molecule has 6 nitrogen and oxygen atoms in total. The molecule has 0 unspecified atom stereocenters. The summed E-state index contributed by atoms with van der Waals surface area (Å²) in [5, 5.41) is 2.54. The van der Waals surface area contributed by atoms with E-state index in [0.717, 1.165) is 5.56 Å². The average Bonchev–Trinajstić information content (AvgIpc) is 2.86. The Bertz CT molecular complexity index is 1030. The Morgan fingerprint density at radius 3 is 2.56 bits per heavy atom. The summed E-state index contributed by atoms with van der Waals surface area (Å²) >= 11 is 0. The minimum Gasteiger partial charge on any atom is -0.322 e. The van der Waals surface area contributed by atoms with Crippen LogP contribution in [-0.4, -0.2) is 26.2 Å². The van der Waals surface area contributed by atoms with Crippen molar-refractivity contribution in [3.8, 4) is 0 Å². The molecule has 0 aliphatic carbocycles. The number of rotatable bonds is 4. The number of aliphatic imine (C=N–C) groups is 1. The van der Waals surface area contributed by atoms with Crippen molar-refractivity contribution in [1.29, 1.82) is 0 Å². The van der Waals surface area contributed by atoms with E-state index in [1.165, 1.54) is 18.2 Å². The molecule has 1 aliphatic heterocycles. The van der Waals surface area contributed by atoms with Gasteiger partial charge in [0.1, 0.15) is 17.7 Å². The van der Waals surface area contributed by atoms with Gasteiger partial charge in [-0.15, -0.1) is 0 Å². The number of anilines is 1. The van der Waals surface area contributed by atoms with Gasteiger partial charge in [-0.1, -0.05) is 32.0 Å². The summed E-state index contributed by atoms with van der Waals surface area (Å²) in [7, 11) is -3.69. The third-order valence-corrected chi connectivity index (χ3v) is 5.61. The van der Waals surface area contributed by atoms with Crippen molar-refractivity contribution in [2.75, 3.05) is 5.32 Å². The Morgan fingerprint density at radius 2 is 1.89 bits per heavy atom. The average molecular weight is 389 g/mol. The molecule has 0 aromatic heterocycles. The third kappa shape index (κ3) is 3.85. The lowest BCUT2D eigenvalue weighted by atomic mass is 10.0. The lowest BCUT2D eigenvalue weighted by molar-refractivity contribution is -0.118. The number of halogens is 1. The molecule has 0 spiro atoms. The fourth-order valence-electron chi connectivity index (χ4n) is 2.81. The zero-order valence-corrected chi connectivity index (χ0v) is 16.0. The highest BCUT2D eigenvalue weighted by atomic mass is 32.2. The molecule has 27 heavy (non-hydrogen) atoms. The van der Waals surface area contributed by atoms with E-state index in [9.17, 15) is 17.6 Å². The largest absolute Gasteiger partial charge is 0.322 e. The van der Waals surface area contributed by atoms with Gasteiger partial charge < -0.3 is 5.32 Å². The van der Waals surface area contributed by atoms with Crippen LogP contribution in [0.3, 0.4) is 0 Å². The van der Waals surface area contributed by atoms with Gasteiger partial charge in [-0.05, 0) is 42.7 Å². The molecule has 1 amide bonds. The van der Waals surface area contributed by atoms with E-state index in [1.807, 2.05) is 0 Å². The first-order chi connectivity index (χ1) is 12.7.